The lowest BCUT2D eigenvalue weighted by molar-refractivity contribution is -0.139. The van der Waals surface area contributed by atoms with Gasteiger partial charge in [0.05, 0.1) is 11.6 Å². The summed E-state index contributed by atoms with van der Waals surface area (Å²) in [5, 5.41) is 12.2. The molecule has 1 aromatic heterocycles. The number of Topliss-reactive ketones (excluding diaryl/α,β-unsaturated/α-hetero) is 1. The van der Waals surface area contributed by atoms with E-state index in [9.17, 15) is 19.1 Å². The summed E-state index contributed by atoms with van der Waals surface area (Å²) in [4.78, 5) is 31.2. The third-order valence-electron chi connectivity index (χ3n) is 6.66. The molecule has 1 aliphatic rings. The number of nitrogens with one attached hydrogen (secondary N) is 1. The van der Waals surface area contributed by atoms with Crippen LogP contribution in [0.2, 0.25) is 0 Å². The summed E-state index contributed by atoms with van der Waals surface area (Å²) in [6, 6.07) is 20.1. The number of H-pyrrole nitrogens is 1. The molecule has 2 N–H and O–H groups in total. The van der Waals surface area contributed by atoms with E-state index >= 15 is 0 Å². The maximum absolute atomic E-state index is 13.5. The fraction of sp³-hybridized carbons (Fsp3) is 0.172. The lowest BCUT2D eigenvalue weighted by atomic mass is 9.94. The number of amides is 1. The van der Waals surface area contributed by atoms with Gasteiger partial charge < -0.3 is 15.0 Å². The first-order valence-corrected chi connectivity index (χ1v) is 11.7. The summed E-state index contributed by atoms with van der Waals surface area (Å²) in [7, 11) is 0. The summed E-state index contributed by atoms with van der Waals surface area (Å²) in [6.07, 6.45) is 3.32. The molecule has 1 amide bonds. The average molecular weight is 469 g/mol. The Morgan fingerprint density at radius 2 is 1.71 bits per heavy atom. The van der Waals surface area contributed by atoms with E-state index in [1.165, 1.54) is 29.2 Å². The fourth-order valence-electron chi connectivity index (χ4n) is 4.74. The number of ketones is 1. The highest BCUT2D eigenvalue weighted by atomic mass is 19.1. The molecule has 0 bridgehead atoms. The fourth-order valence-corrected chi connectivity index (χ4v) is 4.74. The molecule has 1 aliphatic heterocycles. The second kappa shape index (κ2) is 9.22. The summed E-state index contributed by atoms with van der Waals surface area (Å²) >= 11 is 0. The Kier molecular flexibility index (Phi) is 5.95. The number of benzene rings is 3. The molecule has 1 fully saturated rings. The molecule has 35 heavy (non-hydrogen) atoms. The molecule has 5 nitrogen and oxygen atoms in total. The second-order valence-electron chi connectivity index (χ2n) is 8.70. The highest BCUT2D eigenvalue weighted by Gasteiger charge is 2.45. The van der Waals surface area contributed by atoms with Gasteiger partial charge in [-0.25, -0.2) is 4.39 Å². The molecule has 1 saturated heterocycles. The lowest BCUT2D eigenvalue weighted by Gasteiger charge is -2.25. The number of aromatic amines is 1. The van der Waals surface area contributed by atoms with Crippen LogP contribution in [0.1, 0.15) is 35.2 Å². The lowest BCUT2D eigenvalue weighted by Crippen LogP contribution is -2.31. The Morgan fingerprint density at radius 1 is 1.00 bits per heavy atom. The minimum atomic E-state index is -0.740. The molecule has 0 spiro atoms. The van der Waals surface area contributed by atoms with Crippen molar-refractivity contribution in [1.29, 1.82) is 0 Å². The third kappa shape index (κ3) is 4.12. The van der Waals surface area contributed by atoms with Gasteiger partial charge in [-0.15, -0.1) is 0 Å². The number of aromatic nitrogens is 1. The SMILES string of the molecule is CCc1ccc(C2/C(=C(\O)c3ccc(F)cc3)C(=O)C(=O)N2CCc2c[nH]c3ccccc23)cc1. The van der Waals surface area contributed by atoms with Gasteiger partial charge >= 0.3 is 0 Å². The molecule has 0 aliphatic carbocycles. The number of aryl methyl sites for hydroxylation is 1. The van der Waals surface area contributed by atoms with Crippen LogP contribution in [0.3, 0.4) is 0 Å². The van der Waals surface area contributed by atoms with Crippen LogP contribution in [-0.4, -0.2) is 33.2 Å². The first-order chi connectivity index (χ1) is 17.0. The molecule has 1 atom stereocenters. The predicted octanol–water partition coefficient (Wildman–Crippen LogP) is 5.53. The summed E-state index contributed by atoms with van der Waals surface area (Å²) < 4.78 is 13.5. The van der Waals surface area contributed by atoms with Gasteiger partial charge in [0, 0.05) is 29.2 Å². The van der Waals surface area contributed by atoms with Gasteiger partial charge in [0.15, 0.2) is 0 Å². The van der Waals surface area contributed by atoms with Crippen LogP contribution in [-0.2, 0) is 22.4 Å². The van der Waals surface area contributed by atoms with E-state index in [-0.39, 0.29) is 16.9 Å². The summed E-state index contributed by atoms with van der Waals surface area (Å²) in [6.45, 7) is 2.35. The monoisotopic (exact) mass is 468 g/mol. The van der Waals surface area contributed by atoms with Crippen molar-refractivity contribution in [1.82, 2.24) is 9.88 Å². The number of carbonyl (C=O) groups excluding carboxylic acids is 2. The van der Waals surface area contributed by atoms with E-state index in [1.807, 2.05) is 54.7 Å². The average Bonchev–Trinajstić information content (AvgIpc) is 3.41. The quantitative estimate of drug-likeness (QED) is 0.222. The Balaban J connectivity index is 1.56. The van der Waals surface area contributed by atoms with Crippen LogP contribution in [0.4, 0.5) is 4.39 Å². The van der Waals surface area contributed by atoms with E-state index in [4.69, 9.17) is 0 Å². The van der Waals surface area contributed by atoms with Gasteiger partial charge in [0.1, 0.15) is 11.6 Å². The van der Waals surface area contributed by atoms with Gasteiger partial charge in [-0.1, -0.05) is 49.4 Å². The Hall–Kier alpha value is -4.19. The normalized spacial score (nSPS) is 17.4. The molecule has 5 rings (SSSR count). The molecule has 176 valence electrons. The number of para-hydroxylation sites is 1. The van der Waals surface area contributed by atoms with Crippen molar-refractivity contribution >= 4 is 28.4 Å². The zero-order valence-corrected chi connectivity index (χ0v) is 19.3. The number of carbonyl (C=O) groups is 2. The highest BCUT2D eigenvalue weighted by molar-refractivity contribution is 6.46. The number of likely N-dealkylation sites (tertiary alicyclic amines) is 1. The van der Waals surface area contributed by atoms with Crippen LogP contribution in [0, 0.1) is 5.82 Å². The topological polar surface area (TPSA) is 73.4 Å². The maximum Gasteiger partial charge on any atom is 0.295 e. The zero-order valence-electron chi connectivity index (χ0n) is 19.3. The van der Waals surface area contributed by atoms with Gasteiger partial charge in [-0.2, -0.15) is 0 Å². The number of hydrogen-bond donors (Lipinski definition) is 2. The minimum Gasteiger partial charge on any atom is -0.507 e. The molecule has 0 radical (unpaired) electrons. The minimum absolute atomic E-state index is 0.0183. The molecule has 1 unspecified atom stereocenters. The van der Waals surface area contributed by atoms with Crippen molar-refractivity contribution in [2.75, 3.05) is 6.54 Å². The molecule has 4 aromatic rings. The van der Waals surface area contributed by atoms with Crippen molar-refractivity contribution in [3.8, 4) is 0 Å². The summed E-state index contributed by atoms with van der Waals surface area (Å²) in [5.74, 6) is -2.15. The molecule has 3 aromatic carbocycles. The van der Waals surface area contributed by atoms with E-state index < -0.39 is 23.5 Å². The number of rotatable bonds is 6. The Labute approximate surface area is 202 Å². The van der Waals surface area contributed by atoms with Gasteiger partial charge in [0.25, 0.3) is 11.7 Å². The first kappa shape index (κ1) is 22.6. The number of halogens is 1. The Bertz CT molecular complexity index is 1440. The van der Waals surface area contributed by atoms with Crippen molar-refractivity contribution in [3.63, 3.8) is 0 Å². The van der Waals surface area contributed by atoms with Crippen LogP contribution >= 0.6 is 0 Å². The maximum atomic E-state index is 13.5. The molecule has 0 saturated carbocycles. The number of nitrogens with zero attached hydrogens (tertiary/aromatic N) is 1. The largest absolute Gasteiger partial charge is 0.507 e. The third-order valence-corrected chi connectivity index (χ3v) is 6.66. The number of hydrogen-bond acceptors (Lipinski definition) is 3. The molecular weight excluding hydrogens is 443 g/mol. The van der Waals surface area contributed by atoms with E-state index in [0.29, 0.717) is 13.0 Å². The predicted molar refractivity (Wildman–Crippen MR) is 133 cm³/mol. The standard InChI is InChI=1S/C29H25FN2O3/c1-2-18-7-9-19(10-8-18)26-25(27(33)20-11-13-22(30)14-12-20)28(34)29(35)32(26)16-15-21-17-31-24-6-4-3-5-23(21)24/h3-14,17,26,31,33H,2,15-16H2,1H3/b27-25+. The van der Waals surface area contributed by atoms with Crippen molar-refractivity contribution in [2.24, 2.45) is 0 Å². The van der Waals surface area contributed by atoms with Gasteiger partial charge in [0.2, 0.25) is 0 Å². The van der Waals surface area contributed by atoms with Gasteiger partial charge in [-0.3, -0.25) is 9.59 Å². The second-order valence-corrected chi connectivity index (χ2v) is 8.70. The van der Waals surface area contributed by atoms with Gasteiger partial charge in [-0.05, 0) is 59.9 Å². The highest BCUT2D eigenvalue weighted by Crippen LogP contribution is 2.39. The molecule has 2 heterocycles. The first-order valence-electron chi connectivity index (χ1n) is 11.7. The van der Waals surface area contributed by atoms with Crippen molar-refractivity contribution in [2.45, 2.75) is 25.8 Å². The summed E-state index contributed by atoms with van der Waals surface area (Å²) in [5.41, 5.74) is 4.22. The van der Waals surface area contributed by atoms with Crippen LogP contribution in [0.25, 0.3) is 16.7 Å². The van der Waals surface area contributed by atoms with Crippen LogP contribution < -0.4 is 0 Å². The van der Waals surface area contributed by atoms with E-state index in [0.717, 1.165) is 34.0 Å². The van der Waals surface area contributed by atoms with Crippen LogP contribution in [0.15, 0.2) is 84.6 Å². The Morgan fingerprint density at radius 3 is 2.43 bits per heavy atom. The van der Waals surface area contributed by atoms with Crippen molar-refractivity contribution < 1.29 is 19.1 Å². The number of fused-ring (bicyclic) bond motifs is 1. The number of aliphatic hydroxyl groups is 1. The molecular formula is C29H25FN2O3. The van der Waals surface area contributed by atoms with E-state index in [2.05, 4.69) is 11.9 Å². The number of aliphatic hydroxyl groups excluding tert-OH is 1. The molecule has 6 heteroatoms. The smallest absolute Gasteiger partial charge is 0.295 e. The zero-order chi connectivity index (χ0) is 24.5. The van der Waals surface area contributed by atoms with Crippen LogP contribution in [0.5, 0.6) is 0 Å². The van der Waals surface area contributed by atoms with Crippen molar-refractivity contribution in [3.05, 3.63) is 113 Å². The van der Waals surface area contributed by atoms with E-state index in [1.54, 1.807) is 0 Å².